The second-order valence-corrected chi connectivity index (χ2v) is 10.1. The normalized spacial score (nSPS) is 17.8. The quantitative estimate of drug-likeness (QED) is 0.849. The molecule has 26 heavy (non-hydrogen) atoms. The van der Waals surface area contributed by atoms with Crippen LogP contribution < -0.4 is 5.32 Å². The molecule has 5 nitrogen and oxygen atoms in total. The Kier molecular flexibility index (Phi) is 5.79. The number of benzene rings is 1. The molecule has 0 saturated carbocycles. The summed E-state index contributed by atoms with van der Waals surface area (Å²) in [6.45, 7) is 4.63. The first kappa shape index (κ1) is 19.1. The maximum absolute atomic E-state index is 12.7. The van der Waals surface area contributed by atoms with Crippen LogP contribution in [0.4, 0.5) is 0 Å². The fraction of sp³-hybridized carbons (Fsp3) is 0.421. The van der Waals surface area contributed by atoms with Gasteiger partial charge in [0.05, 0.1) is 6.04 Å². The second-order valence-electron chi connectivity index (χ2n) is 6.68. The largest absolute Gasteiger partial charge is 0.349 e. The molecule has 1 atom stereocenters. The summed E-state index contributed by atoms with van der Waals surface area (Å²) in [7, 11) is -3.44. The van der Waals surface area contributed by atoms with E-state index in [0.29, 0.717) is 30.1 Å². The van der Waals surface area contributed by atoms with Crippen LogP contribution in [0.5, 0.6) is 0 Å². The highest BCUT2D eigenvalue weighted by atomic mass is 32.2. The average Bonchev–Trinajstić information content (AvgIpc) is 3.10. The van der Waals surface area contributed by atoms with Gasteiger partial charge in [0, 0.05) is 23.9 Å². The highest BCUT2D eigenvalue weighted by Gasteiger charge is 2.33. The monoisotopic (exact) mass is 392 g/mol. The van der Waals surface area contributed by atoms with E-state index in [1.807, 2.05) is 50.2 Å². The maximum atomic E-state index is 12.7. The summed E-state index contributed by atoms with van der Waals surface area (Å²) in [6, 6.07) is 13.3. The van der Waals surface area contributed by atoms with Crippen molar-refractivity contribution >= 4 is 27.3 Å². The summed E-state index contributed by atoms with van der Waals surface area (Å²) in [6.07, 6.45) is 1.11. The zero-order chi connectivity index (χ0) is 18.7. The standard InChI is InChI=1S/C19H24N2O3S2/c1-14-8-9-18(25-14)26(23,24)21-12-10-17(11-13-21)19(22)20-15(2)16-6-4-3-5-7-16/h3-9,15,17H,10-13H2,1-2H3,(H,20,22). The van der Waals surface area contributed by atoms with E-state index in [9.17, 15) is 13.2 Å². The van der Waals surface area contributed by atoms with Gasteiger partial charge in [0.15, 0.2) is 0 Å². The Morgan fingerprint density at radius 2 is 1.81 bits per heavy atom. The molecule has 1 aliphatic rings. The van der Waals surface area contributed by atoms with Gasteiger partial charge in [-0.3, -0.25) is 4.79 Å². The van der Waals surface area contributed by atoms with Crippen molar-refractivity contribution in [2.24, 2.45) is 5.92 Å². The summed E-state index contributed by atoms with van der Waals surface area (Å²) in [5, 5.41) is 3.05. The summed E-state index contributed by atoms with van der Waals surface area (Å²) in [4.78, 5) is 13.5. The van der Waals surface area contributed by atoms with Gasteiger partial charge >= 0.3 is 0 Å². The Balaban J connectivity index is 1.57. The molecule has 1 saturated heterocycles. The molecule has 2 aromatic rings. The number of nitrogens with one attached hydrogen (secondary N) is 1. The van der Waals surface area contributed by atoms with E-state index < -0.39 is 10.0 Å². The highest BCUT2D eigenvalue weighted by molar-refractivity contribution is 7.91. The number of piperidine rings is 1. The summed E-state index contributed by atoms with van der Waals surface area (Å²) < 4.78 is 27.2. The van der Waals surface area contributed by atoms with Gasteiger partial charge in [-0.05, 0) is 44.4 Å². The number of hydrogen-bond acceptors (Lipinski definition) is 4. The van der Waals surface area contributed by atoms with Gasteiger partial charge in [-0.1, -0.05) is 30.3 Å². The topological polar surface area (TPSA) is 66.5 Å². The molecule has 1 aromatic carbocycles. The first-order chi connectivity index (χ1) is 12.4. The van der Waals surface area contributed by atoms with Crippen LogP contribution >= 0.6 is 11.3 Å². The Labute approximate surface area is 159 Å². The molecular weight excluding hydrogens is 368 g/mol. The fourth-order valence-corrected chi connectivity index (χ4v) is 6.10. The highest BCUT2D eigenvalue weighted by Crippen LogP contribution is 2.28. The molecule has 0 spiro atoms. The third-order valence-electron chi connectivity index (χ3n) is 4.79. The summed E-state index contributed by atoms with van der Waals surface area (Å²) >= 11 is 1.29. The molecule has 1 aromatic heterocycles. The van der Waals surface area contributed by atoms with Crippen LogP contribution in [0.25, 0.3) is 0 Å². The van der Waals surface area contributed by atoms with E-state index in [1.165, 1.54) is 15.6 Å². The summed E-state index contributed by atoms with van der Waals surface area (Å²) in [5.41, 5.74) is 1.06. The molecule has 1 fully saturated rings. The van der Waals surface area contributed by atoms with E-state index in [1.54, 1.807) is 6.07 Å². The average molecular weight is 393 g/mol. The van der Waals surface area contributed by atoms with Crippen molar-refractivity contribution in [1.29, 1.82) is 0 Å². The number of hydrogen-bond donors (Lipinski definition) is 1. The van der Waals surface area contributed by atoms with Crippen LogP contribution in [0, 0.1) is 12.8 Å². The first-order valence-corrected chi connectivity index (χ1v) is 11.1. The molecule has 0 radical (unpaired) electrons. The predicted molar refractivity (Wildman–Crippen MR) is 104 cm³/mol. The van der Waals surface area contributed by atoms with Crippen LogP contribution in [0.2, 0.25) is 0 Å². The van der Waals surface area contributed by atoms with Gasteiger partial charge in [0.25, 0.3) is 10.0 Å². The van der Waals surface area contributed by atoms with E-state index in [2.05, 4.69) is 5.32 Å². The van der Waals surface area contributed by atoms with Crippen molar-refractivity contribution in [2.45, 2.75) is 36.9 Å². The third-order valence-corrected chi connectivity index (χ3v) is 8.16. The molecule has 140 valence electrons. The number of rotatable bonds is 5. The lowest BCUT2D eigenvalue weighted by atomic mass is 9.96. The van der Waals surface area contributed by atoms with Gasteiger partial charge in [-0.25, -0.2) is 8.42 Å². The van der Waals surface area contributed by atoms with E-state index in [0.717, 1.165) is 10.4 Å². The third kappa shape index (κ3) is 4.16. The Bertz CT molecular complexity index is 854. The molecule has 1 aliphatic heterocycles. The second kappa shape index (κ2) is 7.90. The van der Waals surface area contributed by atoms with Crippen LogP contribution in [-0.2, 0) is 14.8 Å². The SMILES string of the molecule is Cc1ccc(S(=O)(=O)N2CCC(C(=O)NC(C)c3ccccc3)CC2)s1. The molecule has 7 heteroatoms. The number of nitrogens with zero attached hydrogens (tertiary/aromatic N) is 1. The molecule has 1 N–H and O–H groups in total. The van der Waals surface area contributed by atoms with Gasteiger partial charge in [-0.2, -0.15) is 4.31 Å². The zero-order valence-corrected chi connectivity index (χ0v) is 16.6. The molecule has 0 aliphatic carbocycles. The Morgan fingerprint density at radius 3 is 2.38 bits per heavy atom. The number of carbonyl (C=O) groups is 1. The van der Waals surface area contributed by atoms with Crippen LogP contribution in [0.15, 0.2) is 46.7 Å². The summed E-state index contributed by atoms with van der Waals surface area (Å²) in [5.74, 6) is -0.136. The molecule has 0 bridgehead atoms. The molecule has 1 unspecified atom stereocenters. The van der Waals surface area contributed by atoms with Crippen LogP contribution in [-0.4, -0.2) is 31.7 Å². The first-order valence-electron chi connectivity index (χ1n) is 8.80. The van der Waals surface area contributed by atoms with Gasteiger partial charge < -0.3 is 5.32 Å². The fourth-order valence-electron chi connectivity index (χ4n) is 3.19. The number of thiophene rings is 1. The van der Waals surface area contributed by atoms with E-state index in [-0.39, 0.29) is 17.9 Å². The number of aryl methyl sites for hydroxylation is 1. The van der Waals surface area contributed by atoms with Crippen molar-refractivity contribution in [3.63, 3.8) is 0 Å². The number of carbonyl (C=O) groups excluding carboxylic acids is 1. The maximum Gasteiger partial charge on any atom is 0.252 e. The lowest BCUT2D eigenvalue weighted by Gasteiger charge is -2.30. The minimum Gasteiger partial charge on any atom is -0.349 e. The number of sulfonamides is 1. The lowest BCUT2D eigenvalue weighted by molar-refractivity contribution is -0.126. The zero-order valence-electron chi connectivity index (χ0n) is 15.0. The minimum atomic E-state index is -3.44. The molecule has 3 rings (SSSR count). The van der Waals surface area contributed by atoms with Crippen molar-refractivity contribution in [3.05, 3.63) is 52.9 Å². The Morgan fingerprint density at radius 1 is 1.15 bits per heavy atom. The van der Waals surface area contributed by atoms with Gasteiger partial charge in [-0.15, -0.1) is 11.3 Å². The van der Waals surface area contributed by atoms with E-state index >= 15 is 0 Å². The van der Waals surface area contributed by atoms with Crippen molar-refractivity contribution in [3.8, 4) is 0 Å². The lowest BCUT2D eigenvalue weighted by Crippen LogP contribution is -2.43. The molecular formula is C19H24N2O3S2. The van der Waals surface area contributed by atoms with Gasteiger partial charge in [0.2, 0.25) is 5.91 Å². The van der Waals surface area contributed by atoms with Gasteiger partial charge in [0.1, 0.15) is 4.21 Å². The minimum absolute atomic E-state index is 0.00497. The number of amides is 1. The van der Waals surface area contributed by atoms with Crippen LogP contribution in [0.1, 0.15) is 36.2 Å². The Hall–Kier alpha value is -1.70. The van der Waals surface area contributed by atoms with Crippen molar-refractivity contribution in [2.75, 3.05) is 13.1 Å². The molecule has 2 heterocycles. The predicted octanol–water partition coefficient (Wildman–Crippen LogP) is 3.33. The van der Waals surface area contributed by atoms with Crippen molar-refractivity contribution in [1.82, 2.24) is 9.62 Å². The molecule has 1 amide bonds. The van der Waals surface area contributed by atoms with Crippen LogP contribution in [0.3, 0.4) is 0 Å². The van der Waals surface area contributed by atoms with Crippen molar-refractivity contribution < 1.29 is 13.2 Å². The smallest absolute Gasteiger partial charge is 0.252 e. The van der Waals surface area contributed by atoms with E-state index in [4.69, 9.17) is 0 Å².